The van der Waals surface area contributed by atoms with E-state index >= 15 is 0 Å². The molecule has 0 unspecified atom stereocenters. The van der Waals surface area contributed by atoms with E-state index in [0.717, 1.165) is 12.8 Å². The lowest BCUT2D eigenvalue weighted by Gasteiger charge is -2.02. The summed E-state index contributed by atoms with van der Waals surface area (Å²) in [6, 6.07) is 0. The summed E-state index contributed by atoms with van der Waals surface area (Å²) in [6.07, 6.45) is 6.04. The third-order valence-corrected chi connectivity index (χ3v) is 4.89. The molecule has 1 saturated carbocycles. The number of H-pyrrole nitrogens is 1. The number of aromatic amines is 1. The molecule has 6 heteroatoms. The van der Waals surface area contributed by atoms with Gasteiger partial charge in [0.05, 0.1) is 28.1 Å². The summed E-state index contributed by atoms with van der Waals surface area (Å²) in [4.78, 5) is 4.21. The number of fused-ring (bicyclic) bond motifs is 1. The Kier molecular flexibility index (Phi) is 1.64. The molecule has 5 nitrogen and oxygen atoms in total. The first-order chi connectivity index (χ1) is 7.19. The van der Waals surface area contributed by atoms with E-state index in [1.54, 1.807) is 6.20 Å². The lowest BCUT2D eigenvalue weighted by molar-refractivity contribution is 0.595. The quantitative estimate of drug-likeness (QED) is 0.820. The normalized spacial score (nSPS) is 17.1. The first-order valence-corrected chi connectivity index (χ1v) is 6.25. The maximum absolute atomic E-state index is 12.0. The molecular weight excluding hydrogens is 214 g/mol. The van der Waals surface area contributed by atoms with E-state index in [2.05, 4.69) is 15.2 Å². The van der Waals surface area contributed by atoms with Gasteiger partial charge < -0.3 is 0 Å². The molecule has 0 atom stereocenters. The number of sulfone groups is 1. The minimum atomic E-state index is -3.18. The van der Waals surface area contributed by atoms with Crippen molar-refractivity contribution >= 4 is 20.7 Å². The topological polar surface area (TPSA) is 75.7 Å². The molecule has 1 aliphatic carbocycles. The van der Waals surface area contributed by atoms with Crippen LogP contribution in [-0.2, 0) is 9.84 Å². The van der Waals surface area contributed by atoms with Crippen molar-refractivity contribution < 1.29 is 8.42 Å². The number of rotatable bonds is 2. The van der Waals surface area contributed by atoms with Gasteiger partial charge in [0.1, 0.15) is 0 Å². The molecule has 2 aromatic heterocycles. The van der Waals surface area contributed by atoms with Gasteiger partial charge in [-0.1, -0.05) is 0 Å². The Labute approximate surface area is 86.4 Å². The van der Waals surface area contributed by atoms with Crippen molar-refractivity contribution in [3.63, 3.8) is 0 Å². The minimum absolute atomic E-state index is 0.209. The second kappa shape index (κ2) is 2.79. The van der Waals surface area contributed by atoms with Crippen molar-refractivity contribution in [2.24, 2.45) is 0 Å². The summed E-state index contributed by atoms with van der Waals surface area (Å²) in [5.41, 5.74) is 0.664. The van der Waals surface area contributed by atoms with Gasteiger partial charge in [0.2, 0.25) is 0 Å². The average Bonchev–Trinajstić information content (AvgIpc) is 2.97. The predicted molar refractivity (Wildman–Crippen MR) is 54.1 cm³/mol. The fourth-order valence-electron chi connectivity index (χ4n) is 1.62. The van der Waals surface area contributed by atoms with Gasteiger partial charge >= 0.3 is 0 Å². The molecule has 0 aliphatic heterocycles. The highest BCUT2D eigenvalue weighted by atomic mass is 32.2. The van der Waals surface area contributed by atoms with Crippen LogP contribution < -0.4 is 0 Å². The molecule has 2 heterocycles. The molecule has 0 spiro atoms. The van der Waals surface area contributed by atoms with Gasteiger partial charge in [-0.15, -0.1) is 0 Å². The standard InChI is InChI=1S/C9H9N3O2S/c13-15(14,6-1-2-6)9-5-10-4-8-7(9)3-11-12-8/h3-6H,1-2H2,(H,11,12). The molecular formula is C9H9N3O2S. The van der Waals surface area contributed by atoms with E-state index in [-0.39, 0.29) is 5.25 Å². The van der Waals surface area contributed by atoms with Crippen LogP contribution in [0.3, 0.4) is 0 Å². The SMILES string of the molecule is O=S(=O)(c1cncc2[nH]ncc12)C1CC1. The van der Waals surface area contributed by atoms with Crippen LogP contribution in [0.4, 0.5) is 0 Å². The Balaban J connectivity index is 2.30. The molecule has 1 aliphatic rings. The number of pyridine rings is 1. The van der Waals surface area contributed by atoms with Crippen molar-refractivity contribution in [3.8, 4) is 0 Å². The Bertz CT molecular complexity index is 613. The zero-order chi connectivity index (χ0) is 10.5. The first kappa shape index (κ1) is 8.84. The van der Waals surface area contributed by atoms with Crippen LogP contribution >= 0.6 is 0 Å². The number of nitrogens with zero attached hydrogens (tertiary/aromatic N) is 2. The summed E-state index contributed by atoms with van der Waals surface area (Å²) in [7, 11) is -3.18. The van der Waals surface area contributed by atoms with Gasteiger partial charge in [0.15, 0.2) is 9.84 Å². The molecule has 0 aromatic carbocycles. The van der Waals surface area contributed by atoms with Gasteiger partial charge in [-0.05, 0) is 12.8 Å². The lowest BCUT2D eigenvalue weighted by atomic mass is 10.3. The highest BCUT2D eigenvalue weighted by Gasteiger charge is 2.38. The predicted octanol–water partition coefficient (Wildman–Crippen LogP) is 0.894. The van der Waals surface area contributed by atoms with Gasteiger partial charge in [-0.25, -0.2) is 8.42 Å². The fraction of sp³-hybridized carbons (Fsp3) is 0.333. The maximum atomic E-state index is 12.0. The summed E-state index contributed by atoms with van der Waals surface area (Å²) < 4.78 is 24.0. The number of nitrogens with one attached hydrogen (secondary N) is 1. The second-order valence-electron chi connectivity index (χ2n) is 3.71. The van der Waals surface area contributed by atoms with Crippen LogP contribution in [0, 0.1) is 0 Å². The van der Waals surface area contributed by atoms with Crippen LogP contribution in [-0.4, -0.2) is 28.8 Å². The smallest absolute Gasteiger partial charge is 0.183 e. The molecule has 0 saturated heterocycles. The van der Waals surface area contributed by atoms with Crippen LogP contribution in [0.1, 0.15) is 12.8 Å². The fourth-order valence-corrected chi connectivity index (χ4v) is 3.42. The zero-order valence-electron chi connectivity index (χ0n) is 7.84. The van der Waals surface area contributed by atoms with Crippen molar-refractivity contribution in [2.45, 2.75) is 23.0 Å². The van der Waals surface area contributed by atoms with Gasteiger partial charge in [0, 0.05) is 11.6 Å². The average molecular weight is 223 g/mol. The number of hydrogen-bond donors (Lipinski definition) is 1. The molecule has 0 amide bonds. The molecule has 15 heavy (non-hydrogen) atoms. The van der Waals surface area contributed by atoms with E-state index in [4.69, 9.17) is 0 Å². The van der Waals surface area contributed by atoms with E-state index in [0.29, 0.717) is 15.8 Å². The van der Waals surface area contributed by atoms with Crippen LogP contribution in [0.5, 0.6) is 0 Å². The maximum Gasteiger partial charge on any atom is 0.183 e. The van der Waals surface area contributed by atoms with Crippen LogP contribution in [0.25, 0.3) is 10.9 Å². The Morgan fingerprint density at radius 3 is 2.80 bits per heavy atom. The molecule has 0 radical (unpaired) electrons. The molecule has 1 fully saturated rings. The lowest BCUT2D eigenvalue weighted by Crippen LogP contribution is -2.07. The van der Waals surface area contributed by atoms with E-state index < -0.39 is 9.84 Å². The zero-order valence-corrected chi connectivity index (χ0v) is 8.66. The second-order valence-corrected chi connectivity index (χ2v) is 5.91. The van der Waals surface area contributed by atoms with Crippen molar-refractivity contribution in [1.29, 1.82) is 0 Å². The third kappa shape index (κ3) is 1.25. The van der Waals surface area contributed by atoms with Crippen molar-refractivity contribution in [3.05, 3.63) is 18.6 Å². The Morgan fingerprint density at radius 1 is 1.27 bits per heavy atom. The van der Waals surface area contributed by atoms with E-state index in [9.17, 15) is 8.42 Å². The van der Waals surface area contributed by atoms with Crippen LogP contribution in [0.2, 0.25) is 0 Å². The minimum Gasteiger partial charge on any atom is -0.276 e. The third-order valence-electron chi connectivity index (χ3n) is 2.60. The van der Waals surface area contributed by atoms with Crippen LogP contribution in [0.15, 0.2) is 23.5 Å². The van der Waals surface area contributed by atoms with Gasteiger partial charge in [0.25, 0.3) is 0 Å². The highest BCUT2D eigenvalue weighted by Crippen LogP contribution is 2.35. The number of aromatic nitrogens is 3. The van der Waals surface area contributed by atoms with Crippen molar-refractivity contribution in [2.75, 3.05) is 0 Å². The summed E-state index contributed by atoms with van der Waals surface area (Å²) in [5.74, 6) is 0. The molecule has 1 N–H and O–H groups in total. The first-order valence-electron chi connectivity index (χ1n) is 4.70. The molecule has 3 rings (SSSR count). The highest BCUT2D eigenvalue weighted by molar-refractivity contribution is 7.92. The van der Waals surface area contributed by atoms with Gasteiger partial charge in [-0.3, -0.25) is 10.1 Å². The number of hydrogen-bond acceptors (Lipinski definition) is 4. The largest absolute Gasteiger partial charge is 0.276 e. The molecule has 78 valence electrons. The summed E-state index contributed by atoms with van der Waals surface area (Å²) in [6.45, 7) is 0. The molecule has 0 bridgehead atoms. The monoisotopic (exact) mass is 223 g/mol. The van der Waals surface area contributed by atoms with Crippen molar-refractivity contribution in [1.82, 2.24) is 15.2 Å². The van der Waals surface area contributed by atoms with E-state index in [1.807, 2.05) is 0 Å². The summed E-state index contributed by atoms with van der Waals surface area (Å²) in [5, 5.41) is 6.97. The summed E-state index contributed by atoms with van der Waals surface area (Å²) >= 11 is 0. The Morgan fingerprint density at radius 2 is 2.07 bits per heavy atom. The van der Waals surface area contributed by atoms with E-state index in [1.165, 1.54) is 12.4 Å². The van der Waals surface area contributed by atoms with Gasteiger partial charge in [-0.2, -0.15) is 5.10 Å². The Hall–Kier alpha value is -1.43. The molecule has 2 aromatic rings.